The molecule has 1 aromatic heterocycles. The van der Waals surface area contributed by atoms with Crippen molar-refractivity contribution in [3.63, 3.8) is 0 Å². The molecule has 41 heavy (non-hydrogen) atoms. The topological polar surface area (TPSA) is 129 Å². The average Bonchev–Trinajstić information content (AvgIpc) is 3.66. The number of piperidine rings is 2. The van der Waals surface area contributed by atoms with Gasteiger partial charge in [-0.2, -0.15) is 4.98 Å². The number of fused-ring (bicyclic) bond motifs is 1. The van der Waals surface area contributed by atoms with Crippen molar-refractivity contribution >= 4 is 17.7 Å². The van der Waals surface area contributed by atoms with Crippen LogP contribution >= 0.6 is 0 Å². The van der Waals surface area contributed by atoms with Crippen LogP contribution in [-0.2, 0) is 28.2 Å². The Bertz CT molecular complexity index is 1560. The van der Waals surface area contributed by atoms with Gasteiger partial charge in [-0.25, -0.2) is 0 Å². The molecule has 2 atom stereocenters. The summed E-state index contributed by atoms with van der Waals surface area (Å²) in [5.41, 5.74) is 1.22. The minimum atomic E-state index is -1.79. The van der Waals surface area contributed by atoms with Gasteiger partial charge in [0.05, 0.1) is 5.60 Å². The molecule has 2 saturated heterocycles. The van der Waals surface area contributed by atoms with Gasteiger partial charge in [-0.05, 0) is 48.4 Å². The predicted octanol–water partition coefficient (Wildman–Crippen LogP) is 3.40. The summed E-state index contributed by atoms with van der Waals surface area (Å²) in [7, 11) is 0. The molecule has 0 bridgehead atoms. The summed E-state index contributed by atoms with van der Waals surface area (Å²) in [5.74, 6) is -0.614. The van der Waals surface area contributed by atoms with Crippen LogP contribution < -0.4 is 5.32 Å². The number of benzene rings is 2. The molecule has 2 N–H and O–H groups in total. The first kappa shape index (κ1) is 24.9. The van der Waals surface area contributed by atoms with Crippen molar-refractivity contribution in [3.05, 3.63) is 71.1 Å². The summed E-state index contributed by atoms with van der Waals surface area (Å²) in [6, 6.07) is 11.7. The van der Waals surface area contributed by atoms with Crippen molar-refractivity contribution in [3.8, 4) is 11.4 Å². The fraction of sp³-hybridized carbons (Fsp3) is 0.452. The van der Waals surface area contributed by atoms with Crippen molar-refractivity contribution in [1.29, 1.82) is 0 Å². The molecule has 2 aromatic carbocycles. The first-order valence-corrected chi connectivity index (χ1v) is 14.2. The van der Waals surface area contributed by atoms with Crippen LogP contribution in [0.1, 0.15) is 75.7 Å². The van der Waals surface area contributed by atoms with Gasteiger partial charge in [-0.3, -0.25) is 24.6 Å². The van der Waals surface area contributed by atoms with Gasteiger partial charge in [0.2, 0.25) is 24.0 Å². The monoisotopic (exact) mass is 559 g/mol. The number of aliphatic hydroxyl groups is 1. The Hall–Kier alpha value is -3.89. The zero-order valence-electron chi connectivity index (χ0n) is 25.2. The predicted molar refractivity (Wildman–Crippen MR) is 149 cm³/mol. The Morgan fingerprint density at radius 3 is 2.61 bits per heavy atom. The highest BCUT2D eigenvalue weighted by atomic mass is 16.5. The number of imide groups is 1. The zero-order valence-corrected chi connectivity index (χ0v) is 23.2. The molecule has 0 aliphatic carbocycles. The lowest BCUT2D eigenvalue weighted by Gasteiger charge is -2.54. The first-order valence-electron chi connectivity index (χ1n) is 15.2. The summed E-state index contributed by atoms with van der Waals surface area (Å²) < 4.78 is 23.0. The third kappa shape index (κ3) is 4.64. The van der Waals surface area contributed by atoms with E-state index in [9.17, 15) is 19.5 Å². The Balaban J connectivity index is 1.26. The molecule has 0 radical (unpaired) electrons. The molecule has 214 valence electrons. The molecule has 0 saturated carbocycles. The number of amides is 3. The lowest BCUT2D eigenvalue weighted by molar-refractivity contribution is -0.148. The van der Waals surface area contributed by atoms with Crippen molar-refractivity contribution in [2.75, 3.05) is 13.1 Å². The van der Waals surface area contributed by atoms with Crippen LogP contribution in [-0.4, -0.2) is 61.9 Å². The smallest absolute Gasteiger partial charge is 0.255 e. The van der Waals surface area contributed by atoms with Gasteiger partial charge in [-0.1, -0.05) is 55.4 Å². The summed E-state index contributed by atoms with van der Waals surface area (Å²) in [6.45, 7) is 3.12. The largest absolute Gasteiger partial charge is 0.384 e. The van der Waals surface area contributed by atoms with Crippen LogP contribution in [0.2, 0.25) is 0 Å². The molecule has 3 aliphatic rings. The van der Waals surface area contributed by atoms with E-state index in [0.29, 0.717) is 54.9 Å². The van der Waals surface area contributed by atoms with E-state index >= 15 is 0 Å². The van der Waals surface area contributed by atoms with Gasteiger partial charge in [-0.15, -0.1) is 0 Å². The van der Waals surface area contributed by atoms with E-state index in [2.05, 4.69) is 15.5 Å². The number of carbonyl (C=O) groups is 3. The van der Waals surface area contributed by atoms with Crippen LogP contribution in [0.5, 0.6) is 0 Å². The second-order valence-corrected chi connectivity index (χ2v) is 11.2. The van der Waals surface area contributed by atoms with E-state index in [0.717, 1.165) is 11.1 Å². The summed E-state index contributed by atoms with van der Waals surface area (Å²) in [6.07, 6.45) is 3.25. The van der Waals surface area contributed by atoms with Crippen molar-refractivity contribution in [2.45, 2.75) is 70.6 Å². The van der Waals surface area contributed by atoms with Gasteiger partial charge in [0, 0.05) is 51.8 Å². The number of rotatable bonds is 7. The van der Waals surface area contributed by atoms with E-state index < -0.39 is 29.5 Å². The van der Waals surface area contributed by atoms with E-state index in [-0.39, 0.29) is 31.2 Å². The molecule has 10 nitrogen and oxygen atoms in total. The molecule has 4 heterocycles. The van der Waals surface area contributed by atoms with Crippen LogP contribution in [0, 0.1) is 5.41 Å². The number of nitrogens with one attached hydrogen (secondary N) is 1. The Labute approximate surface area is 241 Å². The molecule has 6 rings (SSSR count). The average molecular weight is 560 g/mol. The minimum absolute atomic E-state index is 0.185. The minimum Gasteiger partial charge on any atom is -0.384 e. The van der Waals surface area contributed by atoms with Crippen molar-refractivity contribution in [2.24, 2.45) is 5.41 Å². The molecule has 3 aliphatic heterocycles. The summed E-state index contributed by atoms with van der Waals surface area (Å²) >= 11 is 0. The van der Waals surface area contributed by atoms with Crippen molar-refractivity contribution < 1.29 is 26.8 Å². The van der Waals surface area contributed by atoms with E-state index in [1.165, 1.54) is 11.3 Å². The maximum Gasteiger partial charge on any atom is 0.255 e. The molecular weight excluding hydrogens is 522 g/mol. The Morgan fingerprint density at radius 1 is 1.15 bits per heavy atom. The number of carbonyl (C=O) groups excluding carboxylic acids is 3. The van der Waals surface area contributed by atoms with E-state index in [1.807, 2.05) is 19.9 Å². The lowest BCUT2D eigenvalue weighted by atomic mass is 9.61. The number of aromatic nitrogens is 2. The van der Waals surface area contributed by atoms with Gasteiger partial charge in [0.15, 0.2) is 0 Å². The second-order valence-electron chi connectivity index (χ2n) is 11.2. The normalized spacial score (nSPS) is 25.5. The maximum absolute atomic E-state index is 13.2. The number of hydrogen-bond acceptors (Lipinski definition) is 8. The fourth-order valence-electron chi connectivity index (χ4n) is 6.75. The Morgan fingerprint density at radius 2 is 1.93 bits per heavy atom. The second kappa shape index (κ2) is 10.5. The molecule has 3 aromatic rings. The third-order valence-corrected chi connectivity index (χ3v) is 9.26. The summed E-state index contributed by atoms with van der Waals surface area (Å²) in [4.78, 5) is 44.7. The SMILES string of the molecule is [2H]C([2H])(c1ccc(-c2ncon2)cc1)N1CCC(O)(c2ccc3c(c2)CN(C2CCC(=O)NC2=O)C3=O)C(CC)(CC)C1. The molecule has 2 fully saturated rings. The van der Waals surface area contributed by atoms with Gasteiger partial charge >= 0.3 is 0 Å². The van der Waals surface area contributed by atoms with Gasteiger partial charge in [0.25, 0.3) is 5.91 Å². The zero-order chi connectivity index (χ0) is 30.6. The first-order chi connectivity index (χ1) is 20.5. The number of nitrogens with zero attached hydrogens (tertiary/aromatic N) is 4. The highest BCUT2D eigenvalue weighted by Crippen LogP contribution is 2.51. The van der Waals surface area contributed by atoms with Crippen LogP contribution in [0.4, 0.5) is 0 Å². The quantitative estimate of drug-likeness (QED) is 0.422. The lowest BCUT2D eigenvalue weighted by Crippen LogP contribution is -2.57. The molecular formula is C31H35N5O5. The standard InChI is InChI=1S/C31H35N5O5/c1-3-30(4-2)18-35(16-20-5-7-21(8-6-20)27-32-19-41-34-27)14-13-31(30,40)23-9-10-24-22(15-23)17-36(29(24)39)25-11-12-26(37)33-28(25)38/h5-10,15,19,25,40H,3-4,11-14,16-18H2,1-2H3,(H,33,37,38)/i16D2. The maximum atomic E-state index is 13.2. The number of likely N-dealkylation sites (tertiary alicyclic amines) is 1. The highest BCUT2D eigenvalue weighted by molar-refractivity contribution is 6.05. The Kier molecular flexibility index (Phi) is 6.37. The molecule has 0 spiro atoms. The van der Waals surface area contributed by atoms with Gasteiger partial charge < -0.3 is 14.5 Å². The van der Waals surface area contributed by atoms with Gasteiger partial charge in [0.1, 0.15) is 6.04 Å². The van der Waals surface area contributed by atoms with Crippen molar-refractivity contribution in [1.82, 2.24) is 25.3 Å². The van der Waals surface area contributed by atoms with Crippen LogP contribution in [0.3, 0.4) is 0 Å². The van der Waals surface area contributed by atoms with Crippen LogP contribution in [0.15, 0.2) is 53.4 Å². The fourth-order valence-corrected chi connectivity index (χ4v) is 6.75. The van der Waals surface area contributed by atoms with E-state index in [4.69, 9.17) is 7.26 Å². The highest BCUT2D eigenvalue weighted by Gasteiger charge is 2.53. The molecule has 2 unspecified atom stereocenters. The number of hydrogen-bond donors (Lipinski definition) is 2. The van der Waals surface area contributed by atoms with Crippen LogP contribution in [0.25, 0.3) is 11.4 Å². The molecule has 10 heteroatoms. The molecule has 3 amide bonds. The van der Waals surface area contributed by atoms with E-state index in [1.54, 1.807) is 41.3 Å². The third-order valence-electron chi connectivity index (χ3n) is 9.26. The summed E-state index contributed by atoms with van der Waals surface area (Å²) in [5, 5.41) is 18.6.